The summed E-state index contributed by atoms with van der Waals surface area (Å²) in [5.74, 6) is -4.21. The van der Waals surface area contributed by atoms with Crippen LogP contribution in [0.3, 0.4) is 0 Å². The smallest absolute Gasteiger partial charge is 0.330 e. The van der Waals surface area contributed by atoms with E-state index in [1.165, 1.54) is 0 Å². The molecule has 1 aromatic heterocycles. The molecule has 0 fully saturated rings. The van der Waals surface area contributed by atoms with Gasteiger partial charge >= 0.3 is 12.3 Å². The Bertz CT molecular complexity index is 456. The van der Waals surface area contributed by atoms with Crippen molar-refractivity contribution in [2.24, 2.45) is 5.73 Å². The van der Waals surface area contributed by atoms with Crippen LogP contribution in [0.2, 0.25) is 0 Å². The number of alkyl halides is 4. The largest absolute Gasteiger partial charge is 0.373 e. The van der Waals surface area contributed by atoms with Crippen LogP contribution < -0.4 is 5.73 Å². The Morgan fingerprint density at radius 2 is 2.20 bits per heavy atom. The molecule has 2 unspecified atom stereocenters. The van der Waals surface area contributed by atoms with E-state index in [1.807, 2.05) is 12.1 Å². The molecular formula is C13H16F4N2O. The number of pyridine rings is 1. The third-order valence-corrected chi connectivity index (χ3v) is 3.44. The number of hydrogen-bond acceptors (Lipinski definition) is 3. The molecule has 3 nitrogen and oxygen atoms in total. The fourth-order valence-electron chi connectivity index (χ4n) is 2.37. The molecule has 112 valence electrons. The van der Waals surface area contributed by atoms with E-state index in [-0.39, 0.29) is 12.5 Å². The molecule has 0 bridgehead atoms. The monoisotopic (exact) mass is 292 g/mol. The molecule has 20 heavy (non-hydrogen) atoms. The van der Waals surface area contributed by atoms with Gasteiger partial charge in [0, 0.05) is 23.9 Å². The average molecular weight is 292 g/mol. The molecule has 2 N–H and O–H groups in total. The molecule has 1 aliphatic rings. The lowest BCUT2D eigenvalue weighted by Crippen LogP contribution is -2.37. The van der Waals surface area contributed by atoms with Gasteiger partial charge in [0.1, 0.15) is 6.61 Å². The van der Waals surface area contributed by atoms with Crippen LogP contribution in [0, 0.1) is 0 Å². The quantitative estimate of drug-likeness (QED) is 0.819. The van der Waals surface area contributed by atoms with E-state index in [1.54, 1.807) is 6.20 Å². The van der Waals surface area contributed by atoms with Crippen LogP contribution in [0.15, 0.2) is 18.3 Å². The van der Waals surface area contributed by atoms with Gasteiger partial charge in [0.05, 0.1) is 6.61 Å². The molecule has 0 saturated carbocycles. The van der Waals surface area contributed by atoms with E-state index in [4.69, 9.17) is 5.73 Å². The van der Waals surface area contributed by atoms with Crippen molar-refractivity contribution in [1.29, 1.82) is 0 Å². The van der Waals surface area contributed by atoms with E-state index < -0.39 is 25.0 Å². The topological polar surface area (TPSA) is 48.1 Å². The van der Waals surface area contributed by atoms with Crippen molar-refractivity contribution in [2.75, 3.05) is 13.2 Å². The molecule has 1 heterocycles. The normalized spacial score (nSPS) is 20.2. The van der Waals surface area contributed by atoms with Gasteiger partial charge < -0.3 is 10.5 Å². The molecule has 0 saturated heterocycles. The van der Waals surface area contributed by atoms with Gasteiger partial charge in [-0.3, -0.25) is 4.98 Å². The van der Waals surface area contributed by atoms with Gasteiger partial charge in [-0.15, -0.1) is 0 Å². The summed E-state index contributed by atoms with van der Waals surface area (Å²) in [5, 5.41) is 0. The number of hydrogen-bond donors (Lipinski definition) is 1. The zero-order valence-corrected chi connectivity index (χ0v) is 10.7. The lowest BCUT2D eigenvalue weighted by Gasteiger charge is -2.21. The predicted molar refractivity (Wildman–Crippen MR) is 65.0 cm³/mol. The highest BCUT2D eigenvalue weighted by Crippen LogP contribution is 2.33. The summed E-state index contributed by atoms with van der Waals surface area (Å²) in [6.07, 6.45) is -0.486. The molecule has 0 amide bonds. The van der Waals surface area contributed by atoms with Crippen LogP contribution in [-0.2, 0) is 11.2 Å². The summed E-state index contributed by atoms with van der Waals surface area (Å²) >= 11 is 0. The fourth-order valence-corrected chi connectivity index (χ4v) is 2.37. The first-order valence-electron chi connectivity index (χ1n) is 6.35. The zero-order valence-electron chi connectivity index (χ0n) is 10.7. The first kappa shape index (κ1) is 15.2. The number of rotatable bonds is 6. The Balaban J connectivity index is 1.86. The van der Waals surface area contributed by atoms with Crippen LogP contribution in [0.25, 0.3) is 0 Å². The van der Waals surface area contributed by atoms with E-state index in [0.717, 1.165) is 24.1 Å². The van der Waals surface area contributed by atoms with Crippen molar-refractivity contribution in [1.82, 2.24) is 4.98 Å². The van der Waals surface area contributed by atoms with E-state index >= 15 is 0 Å². The van der Waals surface area contributed by atoms with Gasteiger partial charge in [-0.2, -0.15) is 8.78 Å². The zero-order chi connectivity index (χ0) is 14.8. The Kier molecular flexibility index (Phi) is 4.59. The molecule has 0 aliphatic heterocycles. The van der Waals surface area contributed by atoms with E-state index in [2.05, 4.69) is 9.72 Å². The third kappa shape index (κ3) is 3.27. The molecule has 0 aromatic carbocycles. The third-order valence-electron chi connectivity index (χ3n) is 3.44. The van der Waals surface area contributed by atoms with Crippen LogP contribution in [0.5, 0.6) is 0 Å². The number of aryl methyl sites for hydroxylation is 1. The highest BCUT2D eigenvalue weighted by molar-refractivity contribution is 5.29. The molecular weight excluding hydrogens is 276 g/mol. The Morgan fingerprint density at radius 3 is 2.90 bits per heavy atom. The minimum Gasteiger partial charge on any atom is -0.373 e. The van der Waals surface area contributed by atoms with Gasteiger partial charge in [0.2, 0.25) is 0 Å². The molecule has 0 radical (unpaired) electrons. The van der Waals surface area contributed by atoms with Gasteiger partial charge in [-0.25, -0.2) is 8.78 Å². The Hall–Kier alpha value is -1.21. The first-order chi connectivity index (χ1) is 9.42. The fraction of sp³-hybridized carbons (Fsp3) is 0.615. The molecule has 2 rings (SSSR count). The minimum atomic E-state index is -4.13. The SMILES string of the molecule is NC(COCC(F)(F)C(F)F)C1CCc2cccnc21. The minimum absolute atomic E-state index is 0.0774. The molecule has 2 atom stereocenters. The number of nitrogens with zero attached hydrogens (tertiary/aromatic N) is 1. The predicted octanol–water partition coefficient (Wildman–Crippen LogP) is 2.36. The molecule has 1 aliphatic carbocycles. The highest BCUT2D eigenvalue weighted by atomic mass is 19.3. The summed E-state index contributed by atoms with van der Waals surface area (Å²) in [6, 6.07) is 3.24. The number of halogens is 4. The summed E-state index contributed by atoms with van der Waals surface area (Å²) in [6.45, 7) is -1.51. The van der Waals surface area contributed by atoms with Crippen molar-refractivity contribution in [3.05, 3.63) is 29.6 Å². The average Bonchev–Trinajstić information content (AvgIpc) is 2.82. The second-order valence-electron chi connectivity index (χ2n) is 4.93. The second kappa shape index (κ2) is 6.05. The van der Waals surface area contributed by atoms with Crippen molar-refractivity contribution in [3.8, 4) is 0 Å². The molecule has 0 spiro atoms. The number of nitrogens with two attached hydrogens (primary N) is 1. The molecule has 7 heteroatoms. The van der Waals surface area contributed by atoms with Gasteiger partial charge in [0.15, 0.2) is 0 Å². The maximum Gasteiger partial charge on any atom is 0.330 e. The lowest BCUT2D eigenvalue weighted by atomic mass is 9.98. The van der Waals surface area contributed by atoms with Gasteiger partial charge in [0.25, 0.3) is 0 Å². The summed E-state index contributed by atoms with van der Waals surface area (Å²) in [4.78, 5) is 4.24. The van der Waals surface area contributed by atoms with E-state index in [0.29, 0.717) is 0 Å². The van der Waals surface area contributed by atoms with E-state index in [9.17, 15) is 17.6 Å². The van der Waals surface area contributed by atoms with Crippen molar-refractivity contribution >= 4 is 0 Å². The highest BCUT2D eigenvalue weighted by Gasteiger charge is 2.41. The van der Waals surface area contributed by atoms with Gasteiger partial charge in [-0.1, -0.05) is 6.07 Å². The van der Waals surface area contributed by atoms with Crippen LogP contribution in [-0.4, -0.2) is 36.6 Å². The summed E-state index contributed by atoms with van der Waals surface area (Å²) < 4.78 is 54.0. The summed E-state index contributed by atoms with van der Waals surface area (Å²) in [7, 11) is 0. The Labute approximate surface area is 114 Å². The first-order valence-corrected chi connectivity index (χ1v) is 6.35. The van der Waals surface area contributed by atoms with Crippen molar-refractivity contribution < 1.29 is 22.3 Å². The number of ether oxygens (including phenoxy) is 1. The maximum absolute atomic E-state index is 12.7. The van der Waals surface area contributed by atoms with Crippen LogP contribution in [0.4, 0.5) is 17.6 Å². The van der Waals surface area contributed by atoms with Gasteiger partial charge in [-0.05, 0) is 24.5 Å². The van der Waals surface area contributed by atoms with Crippen molar-refractivity contribution in [3.63, 3.8) is 0 Å². The van der Waals surface area contributed by atoms with Crippen LogP contribution in [0.1, 0.15) is 23.6 Å². The number of fused-ring (bicyclic) bond motifs is 1. The number of aromatic nitrogens is 1. The van der Waals surface area contributed by atoms with Crippen molar-refractivity contribution in [2.45, 2.75) is 37.1 Å². The second-order valence-corrected chi connectivity index (χ2v) is 4.93. The standard InChI is InChI=1S/C13H16F4N2O/c14-12(15)13(16,17)7-20-6-10(18)9-4-3-8-2-1-5-19-11(8)9/h1-2,5,9-10,12H,3-4,6-7,18H2. The summed E-state index contributed by atoms with van der Waals surface area (Å²) in [5.41, 5.74) is 7.84. The molecule has 1 aromatic rings. The lowest BCUT2D eigenvalue weighted by molar-refractivity contribution is -0.166. The van der Waals surface area contributed by atoms with Crippen LogP contribution >= 0.6 is 0 Å². The Morgan fingerprint density at radius 1 is 1.45 bits per heavy atom. The maximum atomic E-state index is 12.7.